The molecule has 32 heavy (non-hydrogen) atoms. The number of fused-ring (bicyclic) bond motifs is 5. The lowest BCUT2D eigenvalue weighted by molar-refractivity contribution is -0.178. The molecule has 9 nitrogen and oxygen atoms in total. The van der Waals surface area contributed by atoms with Crippen molar-refractivity contribution in [1.29, 1.82) is 0 Å². The fraction of sp³-hybridized carbons (Fsp3) is 0.727. The molecule has 0 unspecified atom stereocenters. The summed E-state index contributed by atoms with van der Waals surface area (Å²) in [4.78, 5) is 39.6. The smallest absolute Gasteiger partial charge is 0.393 e. The highest BCUT2D eigenvalue weighted by molar-refractivity contribution is 7.46. The van der Waals surface area contributed by atoms with E-state index < -0.39 is 37.3 Å². The van der Waals surface area contributed by atoms with E-state index in [0.717, 1.165) is 31.9 Å². The van der Waals surface area contributed by atoms with Crippen LogP contribution in [0.4, 0.5) is 0 Å². The van der Waals surface area contributed by atoms with E-state index in [-0.39, 0.29) is 29.0 Å². The van der Waals surface area contributed by atoms with E-state index in [1.807, 2.05) is 13.0 Å². The third kappa shape index (κ3) is 3.98. The first-order chi connectivity index (χ1) is 14.7. The average molecular weight is 472 g/mol. The molecule has 0 aromatic carbocycles. The summed E-state index contributed by atoms with van der Waals surface area (Å²) in [6.07, 6.45) is 7.68. The Hall–Kier alpha value is -1.19. The molecule has 0 heterocycles. The Bertz CT molecular complexity index is 892. The largest absolute Gasteiger partial charge is 0.469 e. The first kappa shape index (κ1) is 25.4. The van der Waals surface area contributed by atoms with Crippen LogP contribution in [0.25, 0.3) is 0 Å². The summed E-state index contributed by atoms with van der Waals surface area (Å²) in [6, 6.07) is 0. The lowest BCUT2D eigenvalue weighted by Crippen LogP contribution is -2.61. The van der Waals surface area contributed by atoms with Crippen molar-refractivity contribution in [2.24, 2.45) is 28.6 Å². The van der Waals surface area contributed by atoms with Crippen molar-refractivity contribution in [3.63, 3.8) is 0 Å². The zero-order valence-electron chi connectivity index (χ0n) is 18.6. The molecular weight excluding hydrogens is 439 g/mol. The van der Waals surface area contributed by atoms with Gasteiger partial charge in [0.1, 0.15) is 12.2 Å². The maximum Gasteiger partial charge on any atom is 0.469 e. The van der Waals surface area contributed by atoms with Gasteiger partial charge in [0.2, 0.25) is 0 Å². The number of Topliss-reactive ketones (excluding diaryl/α,β-unsaturated/α-hetero) is 1. The van der Waals surface area contributed by atoms with Gasteiger partial charge >= 0.3 is 7.82 Å². The van der Waals surface area contributed by atoms with Crippen molar-refractivity contribution in [3.05, 3.63) is 23.8 Å². The molecule has 0 saturated heterocycles. The lowest BCUT2D eigenvalue weighted by Gasteiger charge is -2.59. The van der Waals surface area contributed by atoms with Crippen LogP contribution < -0.4 is 0 Å². The van der Waals surface area contributed by atoms with Crippen LogP contribution >= 0.6 is 7.82 Å². The second kappa shape index (κ2) is 8.55. The molecule has 0 aromatic heterocycles. The number of ketones is 2. The molecule has 10 heteroatoms. The Balaban J connectivity index is 0.000000427. The van der Waals surface area contributed by atoms with Crippen molar-refractivity contribution >= 4 is 19.4 Å². The molecule has 7 atom stereocenters. The number of hydrogen-bond acceptors (Lipinski definition) is 7. The second-order valence-corrected chi connectivity index (χ2v) is 11.2. The highest BCUT2D eigenvalue weighted by atomic mass is 31.2. The van der Waals surface area contributed by atoms with Crippen LogP contribution in [-0.4, -0.2) is 62.1 Å². The van der Waals surface area contributed by atoms with Crippen molar-refractivity contribution in [2.45, 2.75) is 57.7 Å². The van der Waals surface area contributed by atoms with E-state index in [4.69, 9.17) is 9.79 Å². The number of phosphoric ester groups is 1. The Kier molecular flexibility index (Phi) is 6.79. The monoisotopic (exact) mass is 472 g/mol. The van der Waals surface area contributed by atoms with Gasteiger partial charge in [-0.2, -0.15) is 0 Å². The molecule has 0 bridgehead atoms. The molecule has 3 saturated carbocycles. The predicted molar refractivity (Wildman–Crippen MR) is 114 cm³/mol. The first-order valence-corrected chi connectivity index (χ1v) is 12.4. The molecule has 4 aliphatic rings. The van der Waals surface area contributed by atoms with E-state index >= 15 is 0 Å². The van der Waals surface area contributed by atoms with Gasteiger partial charge in [0.05, 0.1) is 6.10 Å². The average Bonchev–Trinajstić information content (AvgIpc) is 2.99. The molecule has 0 radical (unpaired) electrons. The second-order valence-electron chi connectivity index (χ2n) is 9.87. The summed E-state index contributed by atoms with van der Waals surface area (Å²) in [5.74, 6) is -0.227. The number of carbonyl (C=O) groups is 2. The normalized spacial score (nSPS) is 42.8. The van der Waals surface area contributed by atoms with Crippen LogP contribution in [-0.2, 0) is 18.7 Å². The Labute approximate surface area is 187 Å². The Morgan fingerprint density at radius 1 is 1.28 bits per heavy atom. The minimum atomic E-state index is -4.15. The molecule has 5 N–H and O–H groups in total. The van der Waals surface area contributed by atoms with Gasteiger partial charge in [-0.25, -0.2) is 4.57 Å². The van der Waals surface area contributed by atoms with Gasteiger partial charge < -0.3 is 25.1 Å². The maximum atomic E-state index is 12.4. The Morgan fingerprint density at radius 2 is 1.91 bits per heavy atom. The fourth-order valence-electron chi connectivity index (χ4n) is 6.92. The van der Waals surface area contributed by atoms with Crippen LogP contribution in [0.5, 0.6) is 0 Å². The van der Waals surface area contributed by atoms with E-state index in [0.29, 0.717) is 12.8 Å². The zero-order chi connectivity index (χ0) is 24.1. The van der Waals surface area contributed by atoms with Crippen molar-refractivity contribution in [1.82, 2.24) is 0 Å². The first-order valence-electron chi connectivity index (χ1n) is 10.8. The number of aliphatic hydroxyl groups is 3. The van der Waals surface area contributed by atoms with Crippen LogP contribution in [0.1, 0.15) is 46.0 Å². The van der Waals surface area contributed by atoms with Gasteiger partial charge in [0.15, 0.2) is 11.6 Å². The molecule has 4 aliphatic carbocycles. The SMILES string of the molecule is COP(=O)(O)O.C[C@]12C=CC(=O)C=C1CC[C@@H]1[C@@H]2[C@@H](O)C[C@@]2(C)[C@H]1CC[C@]2(O)C(=O)CO. The number of phosphoric acid groups is 1. The van der Waals surface area contributed by atoms with Gasteiger partial charge in [-0.05, 0) is 56.1 Å². The number of aliphatic hydroxyl groups excluding tert-OH is 2. The predicted octanol–water partition coefficient (Wildman–Crippen LogP) is 1.28. The van der Waals surface area contributed by atoms with Gasteiger partial charge in [-0.1, -0.05) is 25.5 Å². The molecule has 0 spiro atoms. The number of carbonyl (C=O) groups excluding carboxylic acids is 2. The summed E-state index contributed by atoms with van der Waals surface area (Å²) >= 11 is 0. The van der Waals surface area contributed by atoms with Crippen molar-refractivity contribution < 1.29 is 43.8 Å². The minimum Gasteiger partial charge on any atom is -0.393 e. The summed E-state index contributed by atoms with van der Waals surface area (Å²) < 4.78 is 13.1. The molecule has 3 fully saturated rings. The quantitative estimate of drug-likeness (QED) is 0.381. The Morgan fingerprint density at radius 3 is 2.47 bits per heavy atom. The van der Waals surface area contributed by atoms with Gasteiger partial charge in [-0.3, -0.25) is 14.1 Å². The molecule has 0 amide bonds. The van der Waals surface area contributed by atoms with Crippen LogP contribution in [0.2, 0.25) is 0 Å². The topological polar surface area (TPSA) is 162 Å². The van der Waals surface area contributed by atoms with Gasteiger partial charge in [-0.15, -0.1) is 0 Å². The third-order valence-electron chi connectivity index (χ3n) is 8.49. The lowest BCUT2D eigenvalue weighted by atomic mass is 9.46. The summed E-state index contributed by atoms with van der Waals surface area (Å²) in [5, 5.41) is 31.7. The van der Waals surface area contributed by atoms with E-state index in [1.54, 1.807) is 12.2 Å². The minimum absolute atomic E-state index is 0.00912. The van der Waals surface area contributed by atoms with Crippen molar-refractivity contribution in [3.8, 4) is 0 Å². The zero-order valence-corrected chi connectivity index (χ0v) is 19.5. The van der Waals surface area contributed by atoms with Gasteiger partial charge in [0.25, 0.3) is 0 Å². The number of allylic oxidation sites excluding steroid dienone is 4. The maximum absolute atomic E-state index is 12.4. The van der Waals surface area contributed by atoms with Crippen molar-refractivity contribution in [2.75, 3.05) is 13.7 Å². The third-order valence-corrected chi connectivity index (χ3v) is 8.97. The summed E-state index contributed by atoms with van der Waals surface area (Å²) in [6.45, 7) is 3.34. The number of rotatable bonds is 3. The molecular formula is C22H33O9P. The van der Waals surface area contributed by atoms with E-state index in [1.165, 1.54) is 0 Å². The molecule has 0 aliphatic heterocycles. The summed E-state index contributed by atoms with van der Waals surface area (Å²) in [5.41, 5.74) is -1.54. The van der Waals surface area contributed by atoms with E-state index in [2.05, 4.69) is 11.4 Å². The standard InChI is InChI=1S/C21H28O5.CH5O4P/c1-19-7-5-13(23)9-12(19)3-4-14-15-6-8-21(26,17(25)11-22)20(15,2)10-16(24)18(14)19;1-5-6(2,3)4/h5,7,9,14-16,18,22,24,26H,3-4,6,8,10-11H2,1-2H3;1H3,(H2,2,3,4)/t14-,15-,16-,18+,19-,20-,21-;/m0./s1. The molecule has 0 aromatic rings. The van der Waals surface area contributed by atoms with Crippen LogP contribution in [0.3, 0.4) is 0 Å². The molecule has 180 valence electrons. The van der Waals surface area contributed by atoms with Crippen LogP contribution in [0.15, 0.2) is 23.8 Å². The van der Waals surface area contributed by atoms with Gasteiger partial charge in [0, 0.05) is 23.9 Å². The highest BCUT2D eigenvalue weighted by Gasteiger charge is 2.67. The number of hydrogen-bond donors (Lipinski definition) is 5. The van der Waals surface area contributed by atoms with Crippen LogP contribution in [0, 0.1) is 28.6 Å². The highest BCUT2D eigenvalue weighted by Crippen LogP contribution is 2.67. The summed E-state index contributed by atoms with van der Waals surface area (Å²) in [7, 11) is -3.20. The molecule has 4 rings (SSSR count). The van der Waals surface area contributed by atoms with E-state index in [9.17, 15) is 29.5 Å². The fourth-order valence-corrected chi connectivity index (χ4v) is 6.92.